The minimum atomic E-state index is 0.145. The van der Waals surface area contributed by atoms with Gasteiger partial charge in [-0.25, -0.2) is 0 Å². The molecule has 0 spiro atoms. The zero-order valence-corrected chi connectivity index (χ0v) is 11.0. The maximum atomic E-state index is 11.4. The van der Waals surface area contributed by atoms with E-state index in [0.29, 0.717) is 6.54 Å². The van der Waals surface area contributed by atoms with Gasteiger partial charge in [-0.05, 0) is 26.9 Å². The smallest absolute Gasteiger partial charge is 0.236 e. The molecule has 4 heteroatoms. The van der Waals surface area contributed by atoms with Crippen LogP contribution in [0, 0.1) is 0 Å². The summed E-state index contributed by atoms with van der Waals surface area (Å²) in [6, 6.07) is 0. The number of nitrogens with one attached hydrogen (secondary N) is 1. The number of amides is 1. The van der Waals surface area contributed by atoms with E-state index >= 15 is 0 Å². The molecule has 1 N–H and O–H groups in total. The van der Waals surface area contributed by atoms with Gasteiger partial charge >= 0.3 is 0 Å². The first-order valence-electron chi connectivity index (χ1n) is 6.06. The molecule has 16 heavy (non-hydrogen) atoms. The molecule has 0 atom stereocenters. The van der Waals surface area contributed by atoms with Crippen molar-refractivity contribution in [3.05, 3.63) is 0 Å². The molecule has 1 amide bonds. The highest BCUT2D eigenvalue weighted by atomic mass is 16.2. The topological polar surface area (TPSA) is 35.6 Å². The number of rotatable bonds is 5. The lowest BCUT2D eigenvalue weighted by Crippen LogP contribution is -2.51. The van der Waals surface area contributed by atoms with E-state index in [4.69, 9.17) is 0 Å². The van der Waals surface area contributed by atoms with Gasteiger partial charge in [-0.2, -0.15) is 0 Å². The van der Waals surface area contributed by atoms with Gasteiger partial charge in [-0.1, -0.05) is 12.8 Å². The summed E-state index contributed by atoms with van der Waals surface area (Å²) in [5.74, 6) is 0.145. The third-order valence-electron chi connectivity index (χ3n) is 3.71. The number of nitrogens with zero attached hydrogens (tertiary/aromatic N) is 2. The highest BCUT2D eigenvalue weighted by Gasteiger charge is 2.35. The Bertz CT molecular complexity index is 232. The highest BCUT2D eigenvalue weighted by molar-refractivity contribution is 5.77. The molecule has 1 aliphatic rings. The number of hydrogen-bond acceptors (Lipinski definition) is 3. The monoisotopic (exact) mass is 227 g/mol. The number of carbonyl (C=O) groups is 1. The first-order valence-corrected chi connectivity index (χ1v) is 6.06. The molecule has 4 nitrogen and oxygen atoms in total. The second-order valence-corrected chi connectivity index (χ2v) is 5.22. The van der Waals surface area contributed by atoms with Gasteiger partial charge in [0.2, 0.25) is 5.91 Å². The molecule has 0 bridgehead atoms. The minimum Gasteiger partial charge on any atom is -0.348 e. The van der Waals surface area contributed by atoms with E-state index in [0.717, 1.165) is 6.54 Å². The minimum absolute atomic E-state index is 0.145. The van der Waals surface area contributed by atoms with Crippen LogP contribution in [0.2, 0.25) is 0 Å². The van der Waals surface area contributed by atoms with Crippen molar-refractivity contribution in [2.45, 2.75) is 31.2 Å². The van der Waals surface area contributed by atoms with Crippen molar-refractivity contribution in [2.75, 3.05) is 41.3 Å². The first kappa shape index (κ1) is 13.5. The van der Waals surface area contributed by atoms with Crippen LogP contribution in [-0.2, 0) is 4.79 Å². The molecule has 94 valence electrons. The molecule has 0 saturated heterocycles. The van der Waals surface area contributed by atoms with E-state index in [2.05, 4.69) is 24.3 Å². The Morgan fingerprint density at radius 1 is 1.19 bits per heavy atom. The van der Waals surface area contributed by atoms with Crippen LogP contribution in [0.3, 0.4) is 0 Å². The number of hydrogen-bond donors (Lipinski definition) is 1. The van der Waals surface area contributed by atoms with Crippen molar-refractivity contribution >= 4 is 5.91 Å². The van der Waals surface area contributed by atoms with Crippen molar-refractivity contribution < 1.29 is 4.79 Å². The maximum absolute atomic E-state index is 11.4. The van der Waals surface area contributed by atoms with Gasteiger partial charge in [-0.3, -0.25) is 4.79 Å². The Morgan fingerprint density at radius 2 is 1.75 bits per heavy atom. The van der Waals surface area contributed by atoms with Crippen LogP contribution in [-0.4, -0.2) is 62.5 Å². The van der Waals surface area contributed by atoms with Crippen molar-refractivity contribution in [2.24, 2.45) is 0 Å². The molecular formula is C12H25N3O. The van der Waals surface area contributed by atoms with Gasteiger partial charge in [0, 0.05) is 26.2 Å². The third-order valence-corrected chi connectivity index (χ3v) is 3.71. The molecule has 1 rings (SSSR count). The van der Waals surface area contributed by atoms with E-state index in [1.165, 1.54) is 25.7 Å². The average Bonchev–Trinajstić information content (AvgIpc) is 2.67. The van der Waals surface area contributed by atoms with E-state index in [1.807, 2.05) is 0 Å². The Morgan fingerprint density at radius 3 is 2.19 bits per heavy atom. The summed E-state index contributed by atoms with van der Waals surface area (Å²) >= 11 is 0. The lowest BCUT2D eigenvalue weighted by Gasteiger charge is -2.36. The molecule has 0 aromatic rings. The van der Waals surface area contributed by atoms with Crippen molar-refractivity contribution in [1.29, 1.82) is 0 Å². The number of carbonyl (C=O) groups excluding carboxylic acids is 1. The molecule has 0 aliphatic heterocycles. The molecule has 0 aromatic heterocycles. The molecule has 1 fully saturated rings. The molecule has 0 radical (unpaired) electrons. The standard InChI is InChI=1S/C12H25N3O/c1-14(2)11(16)9-13-10-12(15(3)4)7-5-6-8-12/h13H,5-10H2,1-4H3. The van der Waals surface area contributed by atoms with Crippen LogP contribution in [0.25, 0.3) is 0 Å². The molecule has 0 aromatic carbocycles. The van der Waals surface area contributed by atoms with Gasteiger partial charge in [0.15, 0.2) is 0 Å². The zero-order chi connectivity index (χ0) is 12.2. The quantitative estimate of drug-likeness (QED) is 0.744. The highest BCUT2D eigenvalue weighted by Crippen LogP contribution is 2.32. The van der Waals surface area contributed by atoms with Crippen molar-refractivity contribution in [3.8, 4) is 0 Å². The van der Waals surface area contributed by atoms with E-state index < -0.39 is 0 Å². The van der Waals surface area contributed by atoms with Crippen molar-refractivity contribution in [1.82, 2.24) is 15.1 Å². The van der Waals surface area contributed by atoms with Crippen LogP contribution in [0.5, 0.6) is 0 Å². The predicted molar refractivity (Wildman–Crippen MR) is 66.4 cm³/mol. The molecule has 0 heterocycles. The van der Waals surface area contributed by atoms with Crippen LogP contribution in [0.4, 0.5) is 0 Å². The molecule has 1 aliphatic carbocycles. The fraction of sp³-hybridized carbons (Fsp3) is 0.917. The Balaban J connectivity index is 2.37. The van der Waals surface area contributed by atoms with Gasteiger partial charge < -0.3 is 15.1 Å². The van der Waals surface area contributed by atoms with Gasteiger partial charge in [0.25, 0.3) is 0 Å². The SMILES string of the molecule is CN(C)C(=O)CNCC1(N(C)C)CCCC1. The Labute approximate surface area is 99.0 Å². The van der Waals surface area contributed by atoms with E-state index in [9.17, 15) is 4.79 Å². The summed E-state index contributed by atoms with van der Waals surface area (Å²) in [5.41, 5.74) is 0.270. The summed E-state index contributed by atoms with van der Waals surface area (Å²) in [6.07, 6.45) is 5.09. The summed E-state index contributed by atoms with van der Waals surface area (Å²) in [6.45, 7) is 1.36. The maximum Gasteiger partial charge on any atom is 0.236 e. The normalized spacial score (nSPS) is 19.1. The van der Waals surface area contributed by atoms with Gasteiger partial charge in [-0.15, -0.1) is 0 Å². The fourth-order valence-electron chi connectivity index (χ4n) is 2.38. The largest absolute Gasteiger partial charge is 0.348 e. The molecular weight excluding hydrogens is 202 g/mol. The lowest BCUT2D eigenvalue weighted by atomic mass is 9.96. The van der Waals surface area contributed by atoms with E-state index in [1.54, 1.807) is 19.0 Å². The van der Waals surface area contributed by atoms with Crippen LogP contribution >= 0.6 is 0 Å². The summed E-state index contributed by atoms with van der Waals surface area (Å²) < 4.78 is 0. The van der Waals surface area contributed by atoms with E-state index in [-0.39, 0.29) is 11.4 Å². The lowest BCUT2D eigenvalue weighted by molar-refractivity contribution is -0.127. The number of likely N-dealkylation sites (N-methyl/N-ethyl adjacent to an activating group) is 2. The Kier molecular flexibility index (Phi) is 4.74. The zero-order valence-electron chi connectivity index (χ0n) is 11.0. The van der Waals surface area contributed by atoms with Crippen molar-refractivity contribution in [3.63, 3.8) is 0 Å². The summed E-state index contributed by atoms with van der Waals surface area (Å²) in [4.78, 5) is 15.4. The predicted octanol–water partition coefficient (Wildman–Crippen LogP) is 0.539. The van der Waals surface area contributed by atoms with Gasteiger partial charge in [0.1, 0.15) is 0 Å². The fourth-order valence-corrected chi connectivity index (χ4v) is 2.38. The first-order chi connectivity index (χ1) is 7.48. The van der Waals surface area contributed by atoms with Crippen LogP contribution < -0.4 is 5.32 Å². The average molecular weight is 227 g/mol. The second-order valence-electron chi connectivity index (χ2n) is 5.22. The Hall–Kier alpha value is -0.610. The summed E-state index contributed by atoms with van der Waals surface area (Å²) in [5, 5.41) is 3.30. The van der Waals surface area contributed by atoms with Gasteiger partial charge in [0.05, 0.1) is 6.54 Å². The van der Waals surface area contributed by atoms with Crippen LogP contribution in [0.15, 0.2) is 0 Å². The second kappa shape index (κ2) is 5.64. The third kappa shape index (κ3) is 3.19. The molecule has 0 unspecified atom stereocenters. The summed E-state index contributed by atoms with van der Waals surface area (Å²) in [7, 11) is 7.87. The molecule has 1 saturated carbocycles. The van der Waals surface area contributed by atoms with Crippen LogP contribution in [0.1, 0.15) is 25.7 Å².